The van der Waals surface area contributed by atoms with Gasteiger partial charge in [-0.05, 0) is 23.6 Å². The Balaban J connectivity index is 0.00000225. The Bertz CT molecular complexity index is 820. The summed E-state index contributed by atoms with van der Waals surface area (Å²) in [4.78, 5) is 4.72. The summed E-state index contributed by atoms with van der Waals surface area (Å²) in [5, 5.41) is 3.27. The van der Waals surface area contributed by atoms with Crippen molar-refractivity contribution in [2.24, 2.45) is 7.05 Å². The van der Waals surface area contributed by atoms with Crippen molar-refractivity contribution in [3.63, 3.8) is 0 Å². The summed E-state index contributed by atoms with van der Waals surface area (Å²) < 4.78 is 29.9. The average Bonchev–Trinajstić information content (AvgIpc) is 3.01. The number of rotatable bonds is 4. The predicted molar refractivity (Wildman–Crippen MR) is 100 cm³/mol. The van der Waals surface area contributed by atoms with E-state index in [0.29, 0.717) is 24.5 Å². The molecule has 1 N–H and O–H groups in total. The Morgan fingerprint density at radius 1 is 1.32 bits per heavy atom. The molecule has 0 amide bonds. The van der Waals surface area contributed by atoms with E-state index in [1.165, 1.54) is 0 Å². The van der Waals surface area contributed by atoms with Gasteiger partial charge >= 0.3 is 0 Å². The number of aryl methyl sites for hydroxylation is 1. The minimum absolute atomic E-state index is 0. The smallest absolute Gasteiger partial charge is 0.243 e. The zero-order valence-corrected chi connectivity index (χ0v) is 16.3. The first kappa shape index (κ1) is 19.9. The highest BCUT2D eigenvalue weighted by molar-refractivity contribution is 7.89. The lowest BCUT2D eigenvalue weighted by Crippen LogP contribution is -2.49. The summed E-state index contributed by atoms with van der Waals surface area (Å²) in [7, 11) is -1.68. The molecule has 0 bridgehead atoms. The van der Waals surface area contributed by atoms with E-state index in [9.17, 15) is 8.42 Å². The normalized spacial score (nSPS) is 19.0. The molecular formula is C17H25ClN4O2S. The zero-order valence-electron chi connectivity index (χ0n) is 14.7. The molecule has 1 fully saturated rings. The number of nitrogens with zero attached hydrogens (tertiary/aromatic N) is 3. The van der Waals surface area contributed by atoms with Gasteiger partial charge in [0.2, 0.25) is 10.0 Å². The van der Waals surface area contributed by atoms with Crippen molar-refractivity contribution in [2.45, 2.75) is 30.7 Å². The van der Waals surface area contributed by atoms with Gasteiger partial charge in [-0.15, -0.1) is 12.4 Å². The minimum Gasteiger partial charge on any atom is -0.337 e. The van der Waals surface area contributed by atoms with Crippen molar-refractivity contribution < 1.29 is 8.42 Å². The van der Waals surface area contributed by atoms with E-state index in [1.807, 2.05) is 29.9 Å². The third-order valence-corrected chi connectivity index (χ3v) is 6.39. The molecule has 0 spiro atoms. The van der Waals surface area contributed by atoms with Crippen LogP contribution < -0.4 is 5.32 Å². The fraction of sp³-hybridized carbons (Fsp3) is 0.471. The quantitative estimate of drug-likeness (QED) is 0.878. The molecular weight excluding hydrogens is 360 g/mol. The predicted octanol–water partition coefficient (Wildman–Crippen LogP) is 2.30. The maximum Gasteiger partial charge on any atom is 0.243 e. The first-order valence-corrected chi connectivity index (χ1v) is 9.65. The number of benzene rings is 1. The van der Waals surface area contributed by atoms with Crippen LogP contribution in [-0.2, 0) is 17.1 Å². The minimum atomic E-state index is -3.57. The molecule has 0 saturated carbocycles. The number of aromatic nitrogens is 2. The van der Waals surface area contributed by atoms with Crippen LogP contribution >= 0.6 is 12.4 Å². The lowest BCUT2D eigenvalue weighted by atomic mass is 10.0. The summed E-state index contributed by atoms with van der Waals surface area (Å²) >= 11 is 0. The van der Waals surface area contributed by atoms with Crippen LogP contribution in [0.5, 0.6) is 0 Å². The second kappa shape index (κ2) is 7.86. The Hall–Kier alpha value is -1.41. The van der Waals surface area contributed by atoms with E-state index >= 15 is 0 Å². The Kier molecular flexibility index (Phi) is 6.26. The largest absolute Gasteiger partial charge is 0.337 e. The Morgan fingerprint density at radius 3 is 2.72 bits per heavy atom. The van der Waals surface area contributed by atoms with Gasteiger partial charge in [-0.1, -0.05) is 26.0 Å². The molecule has 1 aliphatic heterocycles. The van der Waals surface area contributed by atoms with Crippen LogP contribution in [-0.4, -0.2) is 41.9 Å². The van der Waals surface area contributed by atoms with Gasteiger partial charge in [-0.2, -0.15) is 4.31 Å². The maximum atomic E-state index is 13.2. The first-order chi connectivity index (χ1) is 11.4. The van der Waals surface area contributed by atoms with Gasteiger partial charge in [0.1, 0.15) is 5.82 Å². The molecule has 0 radical (unpaired) electrons. The molecule has 3 rings (SSSR count). The molecule has 1 atom stereocenters. The van der Waals surface area contributed by atoms with Crippen molar-refractivity contribution in [1.82, 2.24) is 19.2 Å². The van der Waals surface area contributed by atoms with E-state index in [-0.39, 0.29) is 24.4 Å². The van der Waals surface area contributed by atoms with E-state index in [2.05, 4.69) is 24.1 Å². The zero-order chi connectivity index (χ0) is 17.3. The molecule has 2 aromatic rings. The second-order valence-corrected chi connectivity index (χ2v) is 8.35. The van der Waals surface area contributed by atoms with Crippen LogP contribution in [0.3, 0.4) is 0 Å². The lowest BCUT2D eigenvalue weighted by molar-refractivity contribution is 0.258. The monoisotopic (exact) mass is 384 g/mol. The second-order valence-electron chi connectivity index (χ2n) is 6.46. The summed E-state index contributed by atoms with van der Waals surface area (Å²) in [6.45, 7) is 5.77. The number of imidazole rings is 1. The topological polar surface area (TPSA) is 67.2 Å². The van der Waals surface area contributed by atoms with Gasteiger partial charge in [0.25, 0.3) is 0 Å². The highest BCUT2D eigenvalue weighted by Gasteiger charge is 2.36. The number of hydrogen-bond donors (Lipinski definition) is 1. The molecule has 1 aromatic carbocycles. The van der Waals surface area contributed by atoms with E-state index in [4.69, 9.17) is 0 Å². The van der Waals surface area contributed by atoms with Gasteiger partial charge in [0.15, 0.2) is 0 Å². The molecule has 1 saturated heterocycles. The van der Waals surface area contributed by atoms with Crippen LogP contribution in [0.25, 0.3) is 0 Å². The van der Waals surface area contributed by atoms with Crippen molar-refractivity contribution in [3.8, 4) is 0 Å². The van der Waals surface area contributed by atoms with Gasteiger partial charge in [-0.25, -0.2) is 13.4 Å². The maximum absolute atomic E-state index is 13.2. The fourth-order valence-corrected chi connectivity index (χ4v) is 4.70. The highest BCUT2D eigenvalue weighted by atomic mass is 35.5. The summed E-state index contributed by atoms with van der Waals surface area (Å²) in [6, 6.07) is 6.96. The molecule has 1 unspecified atom stereocenters. The Morgan fingerprint density at radius 2 is 2.08 bits per heavy atom. The van der Waals surface area contributed by atoms with E-state index < -0.39 is 10.0 Å². The molecule has 6 nitrogen and oxygen atoms in total. The summed E-state index contributed by atoms with van der Waals surface area (Å²) in [5.41, 5.74) is 1.03. The van der Waals surface area contributed by atoms with Crippen molar-refractivity contribution >= 4 is 22.4 Å². The fourth-order valence-electron chi connectivity index (χ4n) is 3.06. The summed E-state index contributed by atoms with van der Waals surface area (Å²) in [6.07, 6.45) is 3.54. The molecule has 0 aliphatic carbocycles. The first-order valence-electron chi connectivity index (χ1n) is 8.21. The van der Waals surface area contributed by atoms with Crippen molar-refractivity contribution in [1.29, 1.82) is 0 Å². The molecule has 2 heterocycles. The van der Waals surface area contributed by atoms with Crippen LogP contribution in [0.15, 0.2) is 41.6 Å². The van der Waals surface area contributed by atoms with Gasteiger partial charge in [0, 0.05) is 39.1 Å². The molecule has 1 aliphatic rings. The molecule has 1 aromatic heterocycles. The number of hydrogen-bond acceptors (Lipinski definition) is 4. The standard InChI is InChI=1S/C17H24N4O2S.ClH/c1-13(2)14-5-4-6-15(11-14)24(22,23)21-10-7-18-12-16(21)17-19-8-9-20(17)3;/h4-6,8-9,11,13,16,18H,7,10,12H2,1-3H3;1H. The highest BCUT2D eigenvalue weighted by Crippen LogP contribution is 2.29. The third kappa shape index (κ3) is 3.89. The third-order valence-electron chi connectivity index (χ3n) is 4.48. The summed E-state index contributed by atoms with van der Waals surface area (Å²) in [5.74, 6) is 1.04. The van der Waals surface area contributed by atoms with Gasteiger partial charge in [-0.3, -0.25) is 0 Å². The van der Waals surface area contributed by atoms with Gasteiger partial charge in [0.05, 0.1) is 10.9 Å². The lowest BCUT2D eigenvalue weighted by Gasteiger charge is -2.34. The molecule has 138 valence electrons. The van der Waals surface area contributed by atoms with Gasteiger partial charge < -0.3 is 9.88 Å². The van der Waals surface area contributed by atoms with Crippen LogP contribution in [0.1, 0.15) is 37.2 Å². The van der Waals surface area contributed by atoms with Crippen LogP contribution in [0, 0.1) is 0 Å². The van der Waals surface area contributed by atoms with E-state index in [1.54, 1.807) is 22.6 Å². The van der Waals surface area contributed by atoms with E-state index in [0.717, 1.165) is 11.4 Å². The number of piperazine rings is 1. The van der Waals surface area contributed by atoms with Crippen LogP contribution in [0.2, 0.25) is 0 Å². The average molecular weight is 385 g/mol. The molecule has 25 heavy (non-hydrogen) atoms. The number of nitrogens with one attached hydrogen (secondary N) is 1. The molecule has 8 heteroatoms. The SMILES string of the molecule is CC(C)c1cccc(S(=O)(=O)N2CCNCC2c2nccn2C)c1.Cl. The van der Waals surface area contributed by atoms with Crippen molar-refractivity contribution in [2.75, 3.05) is 19.6 Å². The van der Waals surface area contributed by atoms with Crippen molar-refractivity contribution in [3.05, 3.63) is 48.0 Å². The number of halogens is 1. The number of sulfonamides is 1. The Labute approximate surface area is 155 Å². The van der Waals surface area contributed by atoms with Crippen LogP contribution in [0.4, 0.5) is 0 Å².